The molecule has 0 bridgehead atoms. The second-order valence-electron chi connectivity index (χ2n) is 5.56. The van der Waals surface area contributed by atoms with Gasteiger partial charge >= 0.3 is 0 Å². The van der Waals surface area contributed by atoms with Gasteiger partial charge in [0.15, 0.2) is 0 Å². The van der Waals surface area contributed by atoms with E-state index in [9.17, 15) is 0 Å². The Morgan fingerprint density at radius 3 is 2.83 bits per heavy atom. The average molecular weight is 282 g/mol. The lowest BCUT2D eigenvalue weighted by molar-refractivity contribution is 0.0797. The van der Waals surface area contributed by atoms with Crippen LogP contribution in [0.1, 0.15) is 31.7 Å². The van der Waals surface area contributed by atoms with Gasteiger partial charge in [-0.15, -0.1) is 0 Å². The molecule has 2 fully saturated rings. The summed E-state index contributed by atoms with van der Waals surface area (Å²) in [6.45, 7) is 4.27. The Bertz CT molecular complexity index is 389. The first-order valence-corrected chi connectivity index (χ1v) is 8.85. The first kappa shape index (κ1) is 13.0. The number of nitrogens with zero attached hydrogens (tertiary/aromatic N) is 1. The van der Waals surface area contributed by atoms with Crippen LogP contribution in [-0.2, 0) is 6.54 Å². The van der Waals surface area contributed by atoms with Crippen molar-refractivity contribution in [1.29, 1.82) is 0 Å². The highest BCUT2D eigenvalue weighted by Crippen LogP contribution is 2.45. The molecule has 1 aromatic rings. The van der Waals surface area contributed by atoms with Crippen LogP contribution in [0.3, 0.4) is 0 Å². The molecule has 1 aliphatic carbocycles. The molecule has 0 aromatic carbocycles. The van der Waals surface area contributed by atoms with Crippen molar-refractivity contribution in [3.05, 3.63) is 22.4 Å². The highest BCUT2D eigenvalue weighted by molar-refractivity contribution is 8.00. The SMILES string of the molecule is CC1SCCC1(CN)N(Cc1ccsc1)C1CC1. The van der Waals surface area contributed by atoms with E-state index in [1.54, 1.807) is 11.3 Å². The van der Waals surface area contributed by atoms with Gasteiger partial charge in [0.05, 0.1) is 0 Å². The van der Waals surface area contributed by atoms with Gasteiger partial charge in [0, 0.05) is 29.9 Å². The molecule has 100 valence electrons. The van der Waals surface area contributed by atoms with Gasteiger partial charge in [-0.25, -0.2) is 0 Å². The third-order valence-electron chi connectivity index (χ3n) is 4.51. The van der Waals surface area contributed by atoms with Crippen LogP contribution in [0.4, 0.5) is 0 Å². The van der Waals surface area contributed by atoms with Crippen molar-refractivity contribution in [3.63, 3.8) is 0 Å². The van der Waals surface area contributed by atoms with Gasteiger partial charge in [-0.3, -0.25) is 4.90 Å². The summed E-state index contributed by atoms with van der Waals surface area (Å²) < 4.78 is 0. The molecule has 0 spiro atoms. The fourth-order valence-electron chi connectivity index (χ4n) is 3.15. The zero-order valence-corrected chi connectivity index (χ0v) is 12.6. The summed E-state index contributed by atoms with van der Waals surface area (Å²) in [6.07, 6.45) is 3.99. The van der Waals surface area contributed by atoms with E-state index in [1.165, 1.54) is 30.6 Å². The van der Waals surface area contributed by atoms with E-state index in [0.717, 1.165) is 19.1 Å². The molecule has 1 aromatic heterocycles. The summed E-state index contributed by atoms with van der Waals surface area (Å²) in [7, 11) is 0. The number of rotatable bonds is 5. The van der Waals surface area contributed by atoms with E-state index in [-0.39, 0.29) is 5.54 Å². The largest absolute Gasteiger partial charge is 0.329 e. The molecule has 1 aliphatic heterocycles. The Morgan fingerprint density at radius 1 is 1.50 bits per heavy atom. The molecule has 2 N–H and O–H groups in total. The van der Waals surface area contributed by atoms with E-state index in [1.807, 2.05) is 0 Å². The fourth-order valence-corrected chi connectivity index (χ4v) is 5.29. The zero-order valence-electron chi connectivity index (χ0n) is 11.0. The monoisotopic (exact) mass is 282 g/mol. The Hall–Kier alpha value is -0.0300. The summed E-state index contributed by atoms with van der Waals surface area (Å²) in [6, 6.07) is 3.05. The lowest BCUT2D eigenvalue weighted by Gasteiger charge is -2.43. The van der Waals surface area contributed by atoms with Crippen molar-refractivity contribution in [3.8, 4) is 0 Å². The van der Waals surface area contributed by atoms with Crippen molar-refractivity contribution in [2.45, 2.75) is 49.6 Å². The van der Waals surface area contributed by atoms with Crippen molar-refractivity contribution >= 4 is 23.1 Å². The van der Waals surface area contributed by atoms with Gasteiger partial charge in [0.2, 0.25) is 0 Å². The Kier molecular flexibility index (Phi) is 3.72. The van der Waals surface area contributed by atoms with E-state index in [0.29, 0.717) is 5.25 Å². The number of thioether (sulfide) groups is 1. The van der Waals surface area contributed by atoms with Gasteiger partial charge < -0.3 is 5.73 Å². The van der Waals surface area contributed by atoms with Crippen molar-refractivity contribution in [2.24, 2.45) is 5.73 Å². The third kappa shape index (κ3) is 2.24. The molecule has 3 rings (SSSR count). The van der Waals surface area contributed by atoms with Crippen molar-refractivity contribution < 1.29 is 0 Å². The van der Waals surface area contributed by atoms with Crippen molar-refractivity contribution in [2.75, 3.05) is 12.3 Å². The quantitative estimate of drug-likeness (QED) is 0.900. The standard InChI is InChI=1S/C14H22N2S2/c1-11-14(10-15,5-7-18-11)16(13-2-3-13)8-12-4-6-17-9-12/h4,6,9,11,13H,2-3,5,7-8,10,15H2,1H3. The number of hydrogen-bond acceptors (Lipinski definition) is 4. The maximum absolute atomic E-state index is 6.20. The highest BCUT2D eigenvalue weighted by atomic mass is 32.2. The molecule has 2 unspecified atom stereocenters. The maximum Gasteiger partial charge on any atom is 0.0461 e. The predicted octanol–water partition coefficient (Wildman–Crippen LogP) is 2.94. The van der Waals surface area contributed by atoms with E-state index < -0.39 is 0 Å². The van der Waals surface area contributed by atoms with Gasteiger partial charge in [0.25, 0.3) is 0 Å². The summed E-state index contributed by atoms with van der Waals surface area (Å²) >= 11 is 3.90. The maximum atomic E-state index is 6.20. The highest BCUT2D eigenvalue weighted by Gasteiger charge is 2.49. The topological polar surface area (TPSA) is 29.3 Å². The first-order chi connectivity index (χ1) is 8.76. The van der Waals surface area contributed by atoms with Crippen LogP contribution in [0.5, 0.6) is 0 Å². The predicted molar refractivity (Wildman–Crippen MR) is 81.2 cm³/mol. The molecule has 2 heterocycles. The average Bonchev–Trinajstić information content (AvgIpc) is 2.95. The molecule has 2 aliphatic rings. The summed E-state index contributed by atoms with van der Waals surface area (Å²) in [4.78, 5) is 2.74. The molecule has 0 radical (unpaired) electrons. The molecule has 18 heavy (non-hydrogen) atoms. The Morgan fingerprint density at radius 2 is 2.33 bits per heavy atom. The molecule has 0 amide bonds. The second kappa shape index (κ2) is 5.16. The van der Waals surface area contributed by atoms with E-state index in [2.05, 4.69) is 40.4 Å². The fraction of sp³-hybridized carbons (Fsp3) is 0.714. The number of thiophene rings is 1. The van der Waals surface area contributed by atoms with E-state index in [4.69, 9.17) is 5.73 Å². The van der Waals surface area contributed by atoms with Crippen LogP contribution in [0.2, 0.25) is 0 Å². The minimum atomic E-state index is 0.244. The summed E-state index contributed by atoms with van der Waals surface area (Å²) in [5, 5.41) is 5.14. The minimum Gasteiger partial charge on any atom is -0.329 e. The van der Waals surface area contributed by atoms with Crippen LogP contribution in [0, 0.1) is 0 Å². The molecule has 2 atom stereocenters. The van der Waals surface area contributed by atoms with Crippen LogP contribution < -0.4 is 5.73 Å². The molecule has 1 saturated carbocycles. The van der Waals surface area contributed by atoms with Crippen molar-refractivity contribution in [1.82, 2.24) is 4.90 Å². The molecule has 4 heteroatoms. The molecular formula is C14H22N2S2. The molecule has 2 nitrogen and oxygen atoms in total. The molecule has 1 saturated heterocycles. The number of hydrogen-bond donors (Lipinski definition) is 1. The van der Waals surface area contributed by atoms with Gasteiger partial charge in [0.1, 0.15) is 0 Å². The van der Waals surface area contributed by atoms with Crippen LogP contribution >= 0.6 is 23.1 Å². The first-order valence-electron chi connectivity index (χ1n) is 6.86. The van der Waals surface area contributed by atoms with Gasteiger partial charge in [-0.1, -0.05) is 6.92 Å². The van der Waals surface area contributed by atoms with Crippen LogP contribution in [-0.4, -0.2) is 34.0 Å². The smallest absolute Gasteiger partial charge is 0.0461 e. The van der Waals surface area contributed by atoms with Crippen LogP contribution in [0.25, 0.3) is 0 Å². The lowest BCUT2D eigenvalue weighted by Crippen LogP contribution is -2.57. The third-order valence-corrected chi connectivity index (χ3v) is 6.62. The molecular weight excluding hydrogens is 260 g/mol. The summed E-state index contributed by atoms with van der Waals surface area (Å²) in [5.41, 5.74) is 7.91. The van der Waals surface area contributed by atoms with Gasteiger partial charge in [-0.2, -0.15) is 23.1 Å². The Labute approximate surface area is 118 Å². The summed E-state index contributed by atoms with van der Waals surface area (Å²) in [5.74, 6) is 1.27. The van der Waals surface area contributed by atoms with Gasteiger partial charge in [-0.05, 0) is 47.4 Å². The van der Waals surface area contributed by atoms with Crippen LogP contribution in [0.15, 0.2) is 16.8 Å². The minimum absolute atomic E-state index is 0.244. The number of nitrogens with two attached hydrogens (primary N) is 1. The normalized spacial score (nSPS) is 32.3. The Balaban J connectivity index is 1.83. The second-order valence-corrected chi connectivity index (χ2v) is 7.79. The lowest BCUT2D eigenvalue weighted by atomic mass is 9.89. The van der Waals surface area contributed by atoms with E-state index >= 15 is 0 Å². The zero-order chi connectivity index (χ0) is 12.6.